The van der Waals surface area contributed by atoms with Crippen molar-refractivity contribution in [3.8, 4) is 0 Å². The van der Waals surface area contributed by atoms with Crippen LogP contribution in [-0.2, 0) is 4.74 Å². The van der Waals surface area contributed by atoms with Gasteiger partial charge < -0.3 is 10.1 Å². The van der Waals surface area contributed by atoms with Crippen LogP contribution in [-0.4, -0.2) is 18.8 Å². The Kier molecular flexibility index (Phi) is 3.50. The zero-order chi connectivity index (χ0) is 11.7. The molecular weight excluding hydrogens is 230 g/mol. The number of thiophene rings is 1. The fourth-order valence-electron chi connectivity index (χ4n) is 3.26. The minimum Gasteiger partial charge on any atom is -0.375 e. The van der Waals surface area contributed by atoms with Gasteiger partial charge in [0.25, 0.3) is 0 Å². The molecule has 3 heterocycles. The topological polar surface area (TPSA) is 21.3 Å². The molecule has 0 saturated carbocycles. The third kappa shape index (κ3) is 2.28. The van der Waals surface area contributed by atoms with E-state index in [4.69, 9.17) is 4.74 Å². The summed E-state index contributed by atoms with van der Waals surface area (Å²) in [6.45, 7) is 3.34. The molecule has 2 bridgehead atoms. The van der Waals surface area contributed by atoms with Crippen LogP contribution in [0.2, 0.25) is 0 Å². The Morgan fingerprint density at radius 2 is 2.47 bits per heavy atom. The molecule has 2 aliphatic rings. The maximum absolute atomic E-state index is 6.01. The normalized spacial score (nSPS) is 33.1. The van der Waals surface area contributed by atoms with Gasteiger partial charge in [-0.1, -0.05) is 13.0 Å². The Balaban J connectivity index is 1.74. The summed E-state index contributed by atoms with van der Waals surface area (Å²) >= 11 is 1.88. The first kappa shape index (κ1) is 11.7. The summed E-state index contributed by atoms with van der Waals surface area (Å²) < 4.78 is 6.01. The second kappa shape index (κ2) is 5.09. The highest BCUT2D eigenvalue weighted by Crippen LogP contribution is 2.45. The number of hydrogen-bond donors (Lipinski definition) is 1. The molecular formula is C14H21NOS. The number of fused-ring (bicyclic) bond motifs is 2. The molecule has 4 atom stereocenters. The summed E-state index contributed by atoms with van der Waals surface area (Å²) in [4.78, 5) is 1.49. The van der Waals surface area contributed by atoms with E-state index >= 15 is 0 Å². The van der Waals surface area contributed by atoms with Gasteiger partial charge in [0.1, 0.15) is 0 Å². The lowest BCUT2D eigenvalue weighted by Gasteiger charge is -2.28. The van der Waals surface area contributed by atoms with Crippen molar-refractivity contribution in [2.24, 2.45) is 5.92 Å². The third-order valence-electron chi connectivity index (χ3n) is 4.05. The minimum absolute atomic E-state index is 0.511. The van der Waals surface area contributed by atoms with Gasteiger partial charge in [0.05, 0.1) is 12.2 Å². The second-order valence-electron chi connectivity index (χ2n) is 5.22. The average molecular weight is 251 g/mol. The maximum atomic E-state index is 6.01. The van der Waals surface area contributed by atoms with Crippen LogP contribution >= 0.6 is 11.3 Å². The van der Waals surface area contributed by atoms with Gasteiger partial charge in [0, 0.05) is 16.8 Å². The van der Waals surface area contributed by atoms with E-state index < -0.39 is 0 Å². The molecule has 2 nitrogen and oxygen atoms in total. The van der Waals surface area contributed by atoms with Crippen molar-refractivity contribution >= 4 is 11.3 Å². The van der Waals surface area contributed by atoms with Crippen molar-refractivity contribution < 1.29 is 4.74 Å². The highest BCUT2D eigenvalue weighted by molar-refractivity contribution is 7.10. The van der Waals surface area contributed by atoms with Gasteiger partial charge in [0.2, 0.25) is 0 Å². The quantitative estimate of drug-likeness (QED) is 0.866. The van der Waals surface area contributed by atoms with Crippen molar-refractivity contribution in [3.63, 3.8) is 0 Å². The molecule has 2 fully saturated rings. The number of rotatable bonds is 5. The SMILES string of the molecule is CCCNC(c1cccs1)C1CC2CCC1O2. The zero-order valence-corrected chi connectivity index (χ0v) is 11.2. The summed E-state index contributed by atoms with van der Waals surface area (Å²) in [5.41, 5.74) is 0. The average Bonchev–Trinajstić information content (AvgIpc) is 3.06. The molecule has 94 valence electrons. The van der Waals surface area contributed by atoms with E-state index in [0.717, 1.165) is 6.54 Å². The minimum atomic E-state index is 0.511. The van der Waals surface area contributed by atoms with E-state index in [1.54, 1.807) is 0 Å². The maximum Gasteiger partial charge on any atom is 0.0627 e. The highest BCUT2D eigenvalue weighted by Gasteiger charge is 2.44. The Morgan fingerprint density at radius 3 is 3.06 bits per heavy atom. The van der Waals surface area contributed by atoms with Crippen LogP contribution in [0.3, 0.4) is 0 Å². The largest absolute Gasteiger partial charge is 0.375 e. The summed E-state index contributed by atoms with van der Waals surface area (Å²) in [5, 5.41) is 5.91. The molecule has 0 amide bonds. The predicted molar refractivity (Wildman–Crippen MR) is 71.4 cm³/mol. The third-order valence-corrected chi connectivity index (χ3v) is 5.00. The predicted octanol–water partition coefficient (Wildman–Crippen LogP) is 3.36. The van der Waals surface area contributed by atoms with Gasteiger partial charge in [-0.05, 0) is 43.7 Å². The molecule has 3 rings (SSSR count). The number of ether oxygens (including phenoxy) is 1. The van der Waals surface area contributed by atoms with E-state index in [1.165, 1.54) is 30.6 Å². The smallest absolute Gasteiger partial charge is 0.0627 e. The Hall–Kier alpha value is -0.380. The molecule has 1 aromatic heterocycles. The van der Waals surface area contributed by atoms with Gasteiger partial charge in [0.15, 0.2) is 0 Å². The van der Waals surface area contributed by atoms with E-state index in [1.807, 2.05) is 11.3 Å². The molecule has 2 saturated heterocycles. The number of hydrogen-bond acceptors (Lipinski definition) is 3. The number of nitrogens with one attached hydrogen (secondary N) is 1. The lowest BCUT2D eigenvalue weighted by Crippen LogP contribution is -2.33. The molecule has 4 unspecified atom stereocenters. The van der Waals surface area contributed by atoms with E-state index in [-0.39, 0.29) is 0 Å². The Morgan fingerprint density at radius 1 is 1.53 bits per heavy atom. The fourth-order valence-corrected chi connectivity index (χ4v) is 4.14. The van der Waals surface area contributed by atoms with Crippen molar-refractivity contribution in [2.45, 2.75) is 50.9 Å². The molecule has 0 aliphatic carbocycles. The summed E-state index contributed by atoms with van der Waals surface area (Å²) in [7, 11) is 0. The Labute approximate surface area is 107 Å². The molecule has 0 aromatic carbocycles. The van der Waals surface area contributed by atoms with Crippen LogP contribution < -0.4 is 5.32 Å². The fraction of sp³-hybridized carbons (Fsp3) is 0.714. The molecule has 0 spiro atoms. The van der Waals surface area contributed by atoms with E-state index in [2.05, 4.69) is 29.8 Å². The second-order valence-corrected chi connectivity index (χ2v) is 6.20. The summed E-state index contributed by atoms with van der Waals surface area (Å²) in [6.07, 6.45) is 6.07. The highest BCUT2D eigenvalue weighted by atomic mass is 32.1. The van der Waals surface area contributed by atoms with E-state index in [0.29, 0.717) is 24.2 Å². The summed E-state index contributed by atoms with van der Waals surface area (Å²) in [6, 6.07) is 4.95. The zero-order valence-electron chi connectivity index (χ0n) is 10.4. The molecule has 17 heavy (non-hydrogen) atoms. The van der Waals surface area contributed by atoms with Gasteiger partial charge >= 0.3 is 0 Å². The molecule has 2 aliphatic heterocycles. The van der Waals surface area contributed by atoms with E-state index in [9.17, 15) is 0 Å². The molecule has 3 heteroatoms. The van der Waals surface area contributed by atoms with Crippen molar-refractivity contribution in [1.82, 2.24) is 5.32 Å². The first-order valence-electron chi connectivity index (χ1n) is 6.80. The van der Waals surface area contributed by atoms with Gasteiger partial charge in [-0.2, -0.15) is 0 Å². The lowest BCUT2D eigenvalue weighted by molar-refractivity contribution is 0.0859. The van der Waals surface area contributed by atoms with Crippen LogP contribution in [0.4, 0.5) is 0 Å². The monoisotopic (exact) mass is 251 g/mol. The summed E-state index contributed by atoms with van der Waals surface area (Å²) in [5.74, 6) is 0.693. The van der Waals surface area contributed by atoms with Crippen molar-refractivity contribution in [1.29, 1.82) is 0 Å². The van der Waals surface area contributed by atoms with Gasteiger partial charge in [-0.25, -0.2) is 0 Å². The lowest BCUT2D eigenvalue weighted by atomic mass is 9.83. The Bertz CT molecular complexity index is 351. The van der Waals surface area contributed by atoms with Crippen molar-refractivity contribution in [3.05, 3.63) is 22.4 Å². The first-order chi connectivity index (χ1) is 8.38. The molecule has 1 aromatic rings. The van der Waals surface area contributed by atoms with Gasteiger partial charge in [-0.15, -0.1) is 11.3 Å². The van der Waals surface area contributed by atoms with Crippen LogP contribution in [0.15, 0.2) is 17.5 Å². The molecule has 1 N–H and O–H groups in total. The van der Waals surface area contributed by atoms with Crippen LogP contribution in [0.5, 0.6) is 0 Å². The van der Waals surface area contributed by atoms with Crippen LogP contribution in [0, 0.1) is 5.92 Å². The van der Waals surface area contributed by atoms with Gasteiger partial charge in [-0.3, -0.25) is 0 Å². The molecule has 0 radical (unpaired) electrons. The first-order valence-corrected chi connectivity index (χ1v) is 7.68. The van der Waals surface area contributed by atoms with Crippen molar-refractivity contribution in [2.75, 3.05) is 6.54 Å². The van der Waals surface area contributed by atoms with Crippen LogP contribution in [0.1, 0.15) is 43.5 Å². The standard InChI is InChI=1S/C14H21NOS/c1-2-7-15-14(13-4-3-8-17-13)11-9-10-5-6-12(11)16-10/h3-4,8,10-12,14-15H,2,5-7,9H2,1H3. The van der Waals surface area contributed by atoms with Crippen LogP contribution in [0.25, 0.3) is 0 Å².